The Hall–Kier alpha value is -1.06. The fourth-order valence-corrected chi connectivity index (χ4v) is 3.87. The van der Waals surface area contributed by atoms with E-state index in [0.717, 1.165) is 28.6 Å². The van der Waals surface area contributed by atoms with E-state index in [4.69, 9.17) is 0 Å². The van der Waals surface area contributed by atoms with Gasteiger partial charge in [0.2, 0.25) is 0 Å². The molecule has 1 aliphatic heterocycles. The fraction of sp³-hybridized carbons (Fsp3) is 0.357. The van der Waals surface area contributed by atoms with Crippen molar-refractivity contribution < 1.29 is 5.11 Å². The van der Waals surface area contributed by atoms with Crippen LogP contribution in [0.1, 0.15) is 18.9 Å². The monoisotopic (exact) mass is 245 g/mol. The van der Waals surface area contributed by atoms with Crippen LogP contribution in [0, 0.1) is 0 Å². The van der Waals surface area contributed by atoms with E-state index in [-0.39, 0.29) is 5.25 Å². The second-order valence-corrected chi connectivity index (χ2v) is 6.01. The highest BCUT2D eigenvalue weighted by atomic mass is 32.2. The van der Waals surface area contributed by atoms with Gasteiger partial charge in [0.1, 0.15) is 5.60 Å². The quantitative estimate of drug-likeness (QED) is 0.838. The Morgan fingerprint density at radius 3 is 3.00 bits per heavy atom. The average Bonchev–Trinajstić information content (AvgIpc) is 2.70. The van der Waals surface area contributed by atoms with E-state index in [2.05, 4.69) is 11.9 Å². The van der Waals surface area contributed by atoms with Crippen LogP contribution in [0.25, 0.3) is 10.9 Å². The molecule has 0 aliphatic carbocycles. The summed E-state index contributed by atoms with van der Waals surface area (Å²) in [4.78, 5) is 4.35. The minimum absolute atomic E-state index is 0.244. The van der Waals surface area contributed by atoms with Crippen LogP contribution in [0.3, 0.4) is 0 Å². The third-order valence-corrected chi connectivity index (χ3v) is 4.97. The van der Waals surface area contributed by atoms with Crippen molar-refractivity contribution >= 4 is 22.7 Å². The largest absolute Gasteiger partial charge is 0.384 e. The Morgan fingerprint density at radius 2 is 2.24 bits per heavy atom. The fourth-order valence-electron chi connectivity index (χ4n) is 2.57. The maximum Gasteiger partial charge on any atom is 0.103 e. The minimum atomic E-state index is -0.701. The second-order valence-electron chi connectivity index (χ2n) is 4.56. The number of aromatic nitrogens is 1. The van der Waals surface area contributed by atoms with Crippen LogP contribution < -0.4 is 0 Å². The van der Waals surface area contributed by atoms with Crippen LogP contribution in [0.15, 0.2) is 36.5 Å². The van der Waals surface area contributed by atoms with Crippen molar-refractivity contribution in [1.29, 1.82) is 0 Å². The first-order valence-corrected chi connectivity index (χ1v) is 6.95. The predicted molar refractivity (Wildman–Crippen MR) is 72.2 cm³/mol. The Balaban J connectivity index is 2.24. The van der Waals surface area contributed by atoms with Gasteiger partial charge in [-0.25, -0.2) is 0 Å². The van der Waals surface area contributed by atoms with Gasteiger partial charge in [-0.05, 0) is 29.9 Å². The molecule has 1 aromatic carbocycles. The number of hydrogen-bond acceptors (Lipinski definition) is 3. The smallest absolute Gasteiger partial charge is 0.103 e. The molecule has 0 spiro atoms. The predicted octanol–water partition coefficient (Wildman–Crippen LogP) is 2.95. The van der Waals surface area contributed by atoms with Crippen molar-refractivity contribution in [3.8, 4) is 0 Å². The summed E-state index contributed by atoms with van der Waals surface area (Å²) >= 11 is 1.84. The van der Waals surface area contributed by atoms with Crippen LogP contribution >= 0.6 is 11.8 Å². The molecule has 0 amide bonds. The van der Waals surface area contributed by atoms with Crippen LogP contribution in [-0.4, -0.2) is 21.1 Å². The summed E-state index contributed by atoms with van der Waals surface area (Å²) in [6.07, 6.45) is 2.62. The molecule has 0 saturated carbocycles. The number of rotatable bonds is 1. The van der Waals surface area contributed by atoms with E-state index < -0.39 is 5.60 Å². The first kappa shape index (κ1) is 11.1. The highest BCUT2D eigenvalue weighted by Gasteiger charge is 2.41. The van der Waals surface area contributed by atoms with Gasteiger partial charge in [0.25, 0.3) is 0 Å². The maximum atomic E-state index is 10.9. The zero-order chi connectivity index (χ0) is 11.9. The Kier molecular flexibility index (Phi) is 2.60. The molecule has 2 aromatic rings. The van der Waals surface area contributed by atoms with Gasteiger partial charge in [0, 0.05) is 16.8 Å². The minimum Gasteiger partial charge on any atom is -0.384 e. The number of nitrogens with zero attached hydrogens (tertiary/aromatic N) is 1. The van der Waals surface area contributed by atoms with Crippen molar-refractivity contribution in [2.45, 2.75) is 24.2 Å². The van der Waals surface area contributed by atoms with Gasteiger partial charge < -0.3 is 5.11 Å². The van der Waals surface area contributed by atoms with Crippen molar-refractivity contribution in [1.82, 2.24) is 4.98 Å². The zero-order valence-electron chi connectivity index (χ0n) is 9.76. The van der Waals surface area contributed by atoms with E-state index in [1.165, 1.54) is 0 Å². The molecule has 2 atom stereocenters. The lowest BCUT2D eigenvalue weighted by Gasteiger charge is -2.28. The van der Waals surface area contributed by atoms with Gasteiger partial charge in [-0.15, -0.1) is 0 Å². The van der Waals surface area contributed by atoms with Gasteiger partial charge in [-0.1, -0.05) is 25.1 Å². The summed E-state index contributed by atoms with van der Waals surface area (Å²) < 4.78 is 0. The summed E-state index contributed by atoms with van der Waals surface area (Å²) in [5, 5.41) is 12.2. The third kappa shape index (κ3) is 1.65. The average molecular weight is 245 g/mol. The lowest BCUT2D eigenvalue weighted by Crippen LogP contribution is -2.31. The number of hydrogen-bond donors (Lipinski definition) is 1. The van der Waals surface area contributed by atoms with Gasteiger partial charge in [0.15, 0.2) is 0 Å². The molecule has 1 fully saturated rings. The second kappa shape index (κ2) is 4.00. The number of thioether (sulfide) groups is 1. The Morgan fingerprint density at radius 1 is 1.35 bits per heavy atom. The first-order valence-electron chi connectivity index (χ1n) is 5.90. The Labute approximate surface area is 105 Å². The van der Waals surface area contributed by atoms with E-state index in [0.29, 0.717) is 0 Å². The molecule has 2 unspecified atom stereocenters. The molecule has 3 heteroatoms. The van der Waals surface area contributed by atoms with Crippen molar-refractivity contribution in [2.75, 3.05) is 5.75 Å². The summed E-state index contributed by atoms with van der Waals surface area (Å²) in [5.41, 5.74) is 1.29. The molecule has 88 valence electrons. The van der Waals surface area contributed by atoms with E-state index in [1.54, 1.807) is 6.20 Å². The molecular formula is C14H15NOS. The number of benzene rings is 1. The Bertz CT molecular complexity index is 551. The molecule has 0 bridgehead atoms. The van der Waals surface area contributed by atoms with Crippen LogP contribution in [0.4, 0.5) is 0 Å². The lowest BCUT2D eigenvalue weighted by molar-refractivity contribution is 0.0442. The molecule has 1 saturated heterocycles. The molecule has 17 heavy (non-hydrogen) atoms. The molecule has 2 nitrogen and oxygen atoms in total. The maximum absolute atomic E-state index is 10.9. The molecule has 0 radical (unpaired) electrons. The van der Waals surface area contributed by atoms with E-state index in [9.17, 15) is 5.11 Å². The normalized spacial score (nSPS) is 28.7. The summed E-state index contributed by atoms with van der Waals surface area (Å²) in [6.45, 7) is 2.10. The summed E-state index contributed by atoms with van der Waals surface area (Å²) in [5.74, 6) is 1.02. The number of pyridine rings is 1. The highest BCUT2D eigenvalue weighted by molar-refractivity contribution is 8.00. The zero-order valence-corrected chi connectivity index (χ0v) is 10.6. The van der Waals surface area contributed by atoms with Gasteiger partial charge in [-0.3, -0.25) is 4.98 Å². The van der Waals surface area contributed by atoms with Crippen LogP contribution in [0.2, 0.25) is 0 Å². The molecule has 1 N–H and O–H groups in total. The van der Waals surface area contributed by atoms with Crippen molar-refractivity contribution in [3.05, 3.63) is 42.1 Å². The number of fused-ring (bicyclic) bond motifs is 1. The molecule has 1 aliphatic rings. The molecule has 1 aromatic heterocycles. The van der Waals surface area contributed by atoms with Gasteiger partial charge in [-0.2, -0.15) is 11.8 Å². The number of aliphatic hydroxyl groups is 1. The summed E-state index contributed by atoms with van der Waals surface area (Å²) in [6, 6.07) is 9.99. The van der Waals surface area contributed by atoms with Crippen LogP contribution in [0.5, 0.6) is 0 Å². The van der Waals surface area contributed by atoms with Gasteiger partial charge >= 0.3 is 0 Å². The molecule has 3 rings (SSSR count). The highest BCUT2D eigenvalue weighted by Crippen LogP contribution is 2.44. The van der Waals surface area contributed by atoms with E-state index in [1.807, 2.05) is 42.1 Å². The lowest BCUT2D eigenvalue weighted by atomic mass is 9.86. The topological polar surface area (TPSA) is 33.1 Å². The SMILES string of the molecule is CC1SCCC1(O)c1cccc2ncccc12. The standard InChI is InChI=1S/C14H15NOS/c1-10-14(16,7-9-17-10)12-5-2-6-13-11(12)4-3-8-15-13/h2-6,8,10,16H,7,9H2,1H3. The van der Waals surface area contributed by atoms with Crippen molar-refractivity contribution in [2.24, 2.45) is 0 Å². The van der Waals surface area contributed by atoms with Gasteiger partial charge in [0.05, 0.1) is 5.52 Å². The van der Waals surface area contributed by atoms with Crippen LogP contribution in [-0.2, 0) is 5.60 Å². The third-order valence-electron chi connectivity index (χ3n) is 3.64. The van der Waals surface area contributed by atoms with Crippen molar-refractivity contribution in [3.63, 3.8) is 0 Å². The first-order chi connectivity index (χ1) is 8.22. The molecular weight excluding hydrogens is 230 g/mol. The van der Waals surface area contributed by atoms with E-state index >= 15 is 0 Å². The summed E-state index contributed by atoms with van der Waals surface area (Å²) in [7, 11) is 0. The molecule has 2 heterocycles.